The molecule has 0 radical (unpaired) electrons. The topological polar surface area (TPSA) is 40.5 Å². The normalized spacial score (nSPS) is 31.4. The van der Waals surface area contributed by atoms with Crippen LogP contribution in [0.5, 0.6) is 0 Å². The highest BCUT2D eigenvalue weighted by molar-refractivity contribution is 5.90. The highest BCUT2D eigenvalue weighted by atomic mass is 16.4. The van der Waals surface area contributed by atoms with Gasteiger partial charge in [0, 0.05) is 24.1 Å². The van der Waals surface area contributed by atoms with E-state index in [1.54, 1.807) is 0 Å². The summed E-state index contributed by atoms with van der Waals surface area (Å²) in [4.78, 5) is 14.5. The Morgan fingerprint density at radius 3 is 2.46 bits per heavy atom. The van der Waals surface area contributed by atoms with Crippen molar-refractivity contribution in [3.63, 3.8) is 0 Å². The van der Waals surface area contributed by atoms with Crippen molar-refractivity contribution < 1.29 is 9.90 Å². The molecule has 3 heteroatoms. The van der Waals surface area contributed by atoms with Crippen LogP contribution in [0.1, 0.15) is 57.8 Å². The summed E-state index contributed by atoms with van der Waals surface area (Å²) in [6.07, 6.45) is 11.3. The van der Waals surface area contributed by atoms with E-state index < -0.39 is 5.97 Å². The summed E-state index contributed by atoms with van der Waals surface area (Å²) in [6, 6.07) is 15.1. The molecule has 2 aromatic carbocycles. The molecule has 0 saturated heterocycles. The van der Waals surface area contributed by atoms with Crippen LogP contribution >= 0.6 is 0 Å². The van der Waals surface area contributed by atoms with E-state index in [-0.39, 0.29) is 0 Å². The molecule has 0 spiro atoms. The maximum atomic E-state index is 11.9. The van der Waals surface area contributed by atoms with Crippen LogP contribution in [0.15, 0.2) is 66.8 Å². The van der Waals surface area contributed by atoms with Crippen LogP contribution in [-0.2, 0) is 0 Å². The number of aromatic carboxylic acids is 1. The minimum absolute atomic E-state index is 0.302. The summed E-state index contributed by atoms with van der Waals surface area (Å²) in [6.45, 7) is 1.05. The molecule has 6 rings (SSSR count). The summed E-state index contributed by atoms with van der Waals surface area (Å²) in [5, 5.41) is 9.75. The van der Waals surface area contributed by atoms with Gasteiger partial charge in [-0.25, -0.2) is 4.79 Å². The highest BCUT2D eigenvalue weighted by Gasteiger charge is 2.47. The standard InChI is InChI=1S/C25H23NO2/c27-25(28)17-12-21-18-9-4-8-16(18)14-26-23(15-6-2-1-3-7-15)20-11-5-10-19(20)22(13-17)24(21)26/h1-7,9-10,12-13,16,18-20,23H,8,11,14H2,(H,27,28). The Labute approximate surface area is 165 Å². The monoisotopic (exact) mass is 369 g/mol. The third kappa shape index (κ3) is 2.13. The molecule has 2 aliphatic heterocycles. The lowest BCUT2D eigenvalue weighted by molar-refractivity contribution is 0.0696. The number of fused-ring (bicyclic) bond motifs is 4. The van der Waals surface area contributed by atoms with Gasteiger partial charge in [0.1, 0.15) is 0 Å². The zero-order valence-corrected chi connectivity index (χ0v) is 15.7. The lowest BCUT2D eigenvalue weighted by Gasteiger charge is -2.51. The van der Waals surface area contributed by atoms with Gasteiger partial charge in [0.2, 0.25) is 0 Å². The zero-order chi connectivity index (χ0) is 18.8. The first-order valence-electron chi connectivity index (χ1n) is 10.3. The first-order valence-corrected chi connectivity index (χ1v) is 10.3. The fraction of sp³-hybridized carbons (Fsp3) is 0.320. The average molecular weight is 369 g/mol. The quantitative estimate of drug-likeness (QED) is 0.732. The third-order valence-electron chi connectivity index (χ3n) is 7.24. The van der Waals surface area contributed by atoms with Crippen molar-refractivity contribution in [2.75, 3.05) is 11.4 Å². The maximum Gasteiger partial charge on any atom is 0.335 e. The largest absolute Gasteiger partial charge is 0.478 e. The summed E-state index contributed by atoms with van der Waals surface area (Å²) in [5.74, 6) is 0.844. The van der Waals surface area contributed by atoms with Crippen molar-refractivity contribution in [2.45, 2.75) is 30.7 Å². The number of carbonyl (C=O) groups is 1. The fourth-order valence-electron chi connectivity index (χ4n) is 6.13. The number of rotatable bonds is 2. The molecule has 140 valence electrons. The molecule has 5 atom stereocenters. The molecule has 5 unspecified atom stereocenters. The van der Waals surface area contributed by atoms with Gasteiger partial charge >= 0.3 is 5.97 Å². The molecule has 1 N–H and O–H groups in total. The van der Waals surface area contributed by atoms with E-state index >= 15 is 0 Å². The van der Waals surface area contributed by atoms with E-state index in [1.165, 1.54) is 22.4 Å². The Morgan fingerprint density at radius 1 is 0.964 bits per heavy atom. The number of allylic oxidation sites excluding steroid dienone is 4. The Hall–Kier alpha value is -2.81. The second-order valence-corrected chi connectivity index (χ2v) is 8.62. The van der Waals surface area contributed by atoms with E-state index in [9.17, 15) is 9.90 Å². The second-order valence-electron chi connectivity index (χ2n) is 8.62. The third-order valence-corrected chi connectivity index (χ3v) is 7.24. The smallest absolute Gasteiger partial charge is 0.335 e. The van der Waals surface area contributed by atoms with Gasteiger partial charge in [-0.3, -0.25) is 0 Å². The van der Waals surface area contributed by atoms with Crippen molar-refractivity contribution in [2.24, 2.45) is 11.8 Å². The van der Waals surface area contributed by atoms with Crippen molar-refractivity contribution >= 4 is 11.7 Å². The van der Waals surface area contributed by atoms with Gasteiger partial charge in [0.15, 0.2) is 0 Å². The van der Waals surface area contributed by atoms with Gasteiger partial charge in [0.05, 0.1) is 11.6 Å². The summed E-state index contributed by atoms with van der Waals surface area (Å²) in [7, 11) is 0. The molecule has 2 aromatic rings. The Kier molecular flexibility index (Phi) is 3.37. The van der Waals surface area contributed by atoms with Gasteiger partial charge in [0.25, 0.3) is 0 Å². The molecule has 2 aliphatic carbocycles. The van der Waals surface area contributed by atoms with Crippen LogP contribution in [0.2, 0.25) is 0 Å². The van der Waals surface area contributed by atoms with Crippen LogP contribution in [0.3, 0.4) is 0 Å². The Bertz CT molecular complexity index is 1010. The predicted molar refractivity (Wildman–Crippen MR) is 110 cm³/mol. The molecule has 0 bridgehead atoms. The fourth-order valence-corrected chi connectivity index (χ4v) is 6.13. The zero-order valence-electron chi connectivity index (χ0n) is 15.7. The van der Waals surface area contributed by atoms with E-state index in [0.717, 1.165) is 19.4 Å². The number of hydrogen-bond acceptors (Lipinski definition) is 2. The lowest BCUT2D eigenvalue weighted by atomic mass is 9.70. The van der Waals surface area contributed by atoms with Crippen molar-refractivity contribution in [1.82, 2.24) is 0 Å². The molecule has 3 nitrogen and oxygen atoms in total. The Morgan fingerprint density at radius 2 is 1.68 bits per heavy atom. The molecule has 2 heterocycles. The van der Waals surface area contributed by atoms with Gasteiger partial charge < -0.3 is 10.0 Å². The number of anilines is 1. The second kappa shape index (κ2) is 5.84. The SMILES string of the molecule is O=C(O)c1cc2c3c(c1)C1C=CCC1C(c1ccccc1)N3CC1CC=CC21. The first-order chi connectivity index (χ1) is 13.7. The summed E-state index contributed by atoms with van der Waals surface area (Å²) >= 11 is 0. The summed E-state index contributed by atoms with van der Waals surface area (Å²) in [5.41, 5.74) is 5.56. The van der Waals surface area contributed by atoms with E-state index in [0.29, 0.717) is 35.3 Å². The van der Waals surface area contributed by atoms with E-state index in [4.69, 9.17) is 0 Å². The lowest BCUT2D eigenvalue weighted by Crippen LogP contribution is -2.46. The molecule has 0 aromatic heterocycles. The minimum Gasteiger partial charge on any atom is -0.478 e. The van der Waals surface area contributed by atoms with Gasteiger partial charge in [-0.1, -0.05) is 54.6 Å². The van der Waals surface area contributed by atoms with Crippen LogP contribution < -0.4 is 4.90 Å². The van der Waals surface area contributed by atoms with Crippen LogP contribution in [0, 0.1) is 11.8 Å². The average Bonchev–Trinajstić information content (AvgIpc) is 3.38. The van der Waals surface area contributed by atoms with Crippen LogP contribution in [-0.4, -0.2) is 17.6 Å². The van der Waals surface area contributed by atoms with Gasteiger partial charge in [-0.15, -0.1) is 0 Å². The molecular formula is C25H23NO2. The van der Waals surface area contributed by atoms with Gasteiger partial charge in [-0.05, 0) is 53.5 Å². The predicted octanol–water partition coefficient (Wildman–Crippen LogP) is 5.28. The van der Waals surface area contributed by atoms with Crippen LogP contribution in [0.25, 0.3) is 0 Å². The molecule has 28 heavy (non-hydrogen) atoms. The van der Waals surface area contributed by atoms with Crippen molar-refractivity contribution in [3.05, 3.63) is 89.0 Å². The molecular weight excluding hydrogens is 346 g/mol. The maximum absolute atomic E-state index is 11.9. The Balaban J connectivity index is 1.61. The number of carboxylic acids is 1. The molecule has 0 amide bonds. The molecule has 4 aliphatic rings. The summed E-state index contributed by atoms with van der Waals surface area (Å²) < 4.78 is 0. The first kappa shape index (κ1) is 16.2. The number of hydrogen-bond donors (Lipinski definition) is 1. The minimum atomic E-state index is -0.821. The van der Waals surface area contributed by atoms with Crippen LogP contribution in [0.4, 0.5) is 5.69 Å². The van der Waals surface area contributed by atoms with E-state index in [1.807, 2.05) is 12.1 Å². The van der Waals surface area contributed by atoms with Crippen molar-refractivity contribution in [1.29, 1.82) is 0 Å². The number of nitrogens with zero attached hydrogens (tertiary/aromatic N) is 1. The molecule has 0 fully saturated rings. The number of carboxylic acid groups (broad SMARTS) is 1. The number of benzene rings is 2. The molecule has 0 saturated carbocycles. The van der Waals surface area contributed by atoms with Crippen molar-refractivity contribution in [3.8, 4) is 0 Å². The highest BCUT2D eigenvalue weighted by Crippen LogP contribution is 2.58. The van der Waals surface area contributed by atoms with E-state index in [2.05, 4.69) is 59.5 Å². The van der Waals surface area contributed by atoms with Gasteiger partial charge in [-0.2, -0.15) is 0 Å².